The maximum Gasteiger partial charge on any atom is 0.246 e. The van der Waals surface area contributed by atoms with Gasteiger partial charge in [0.15, 0.2) is 11.6 Å². The maximum atomic E-state index is 13.5. The number of carbonyl (C=O) groups excluding carboxylic acids is 1. The molecule has 1 atom stereocenters. The van der Waals surface area contributed by atoms with Crippen molar-refractivity contribution < 1.29 is 28.2 Å². The SMILES string of the molecule is O=C(C=Cc1ccccc1OC[C@@H](O)CN1CCC(c2ccc(F)c(F)c2)CC1)N1CCOCC1. The number of piperidine rings is 1. The predicted molar refractivity (Wildman–Crippen MR) is 129 cm³/mol. The van der Waals surface area contributed by atoms with Gasteiger partial charge in [0.05, 0.1) is 13.2 Å². The van der Waals surface area contributed by atoms with E-state index in [1.54, 1.807) is 23.1 Å². The summed E-state index contributed by atoms with van der Waals surface area (Å²) in [6.45, 7) is 4.42. The quantitative estimate of drug-likeness (QED) is 0.579. The van der Waals surface area contributed by atoms with E-state index < -0.39 is 17.7 Å². The van der Waals surface area contributed by atoms with Crippen molar-refractivity contribution in [3.8, 4) is 5.75 Å². The van der Waals surface area contributed by atoms with E-state index in [0.29, 0.717) is 38.6 Å². The number of nitrogens with zero attached hydrogens (tertiary/aromatic N) is 2. The van der Waals surface area contributed by atoms with Crippen LogP contribution in [0.15, 0.2) is 48.5 Å². The summed E-state index contributed by atoms with van der Waals surface area (Å²) in [7, 11) is 0. The van der Waals surface area contributed by atoms with E-state index in [0.717, 1.165) is 37.1 Å². The first-order valence-electron chi connectivity index (χ1n) is 12.1. The van der Waals surface area contributed by atoms with E-state index >= 15 is 0 Å². The van der Waals surface area contributed by atoms with E-state index in [1.807, 2.05) is 24.3 Å². The molecule has 6 nitrogen and oxygen atoms in total. The van der Waals surface area contributed by atoms with Crippen molar-refractivity contribution in [2.24, 2.45) is 0 Å². The lowest BCUT2D eigenvalue weighted by Crippen LogP contribution is -2.40. The lowest BCUT2D eigenvalue weighted by atomic mass is 9.89. The van der Waals surface area contributed by atoms with Gasteiger partial charge in [0.25, 0.3) is 0 Å². The molecule has 2 fully saturated rings. The average Bonchev–Trinajstić information content (AvgIpc) is 2.89. The molecule has 188 valence electrons. The first-order chi connectivity index (χ1) is 17.0. The highest BCUT2D eigenvalue weighted by atomic mass is 19.2. The number of amides is 1. The molecule has 2 saturated heterocycles. The smallest absolute Gasteiger partial charge is 0.246 e. The van der Waals surface area contributed by atoms with Gasteiger partial charge in [0.2, 0.25) is 5.91 Å². The third kappa shape index (κ3) is 7.10. The molecule has 2 heterocycles. The molecule has 1 amide bonds. The minimum atomic E-state index is -0.824. The molecule has 0 spiro atoms. The van der Waals surface area contributed by atoms with Crippen molar-refractivity contribution in [3.63, 3.8) is 0 Å². The van der Waals surface area contributed by atoms with Gasteiger partial charge in [-0.2, -0.15) is 0 Å². The van der Waals surface area contributed by atoms with Gasteiger partial charge in [-0.25, -0.2) is 8.78 Å². The molecule has 1 N–H and O–H groups in total. The fourth-order valence-corrected chi connectivity index (χ4v) is 4.55. The Bertz CT molecular complexity index is 1020. The zero-order valence-electron chi connectivity index (χ0n) is 19.7. The van der Waals surface area contributed by atoms with E-state index in [9.17, 15) is 18.7 Å². The number of hydrogen-bond acceptors (Lipinski definition) is 5. The number of aliphatic hydroxyl groups is 1. The van der Waals surface area contributed by atoms with Crippen molar-refractivity contribution in [2.75, 3.05) is 52.5 Å². The number of rotatable bonds is 8. The van der Waals surface area contributed by atoms with Crippen LogP contribution < -0.4 is 4.74 Å². The number of morpholine rings is 1. The molecule has 2 aromatic rings. The molecule has 2 aliphatic rings. The summed E-state index contributed by atoms with van der Waals surface area (Å²) in [5, 5.41) is 10.5. The van der Waals surface area contributed by atoms with Crippen LogP contribution in [-0.2, 0) is 9.53 Å². The van der Waals surface area contributed by atoms with Crippen LogP contribution in [0.25, 0.3) is 6.08 Å². The van der Waals surface area contributed by atoms with Crippen molar-refractivity contribution >= 4 is 12.0 Å². The van der Waals surface area contributed by atoms with Crippen LogP contribution in [0.1, 0.15) is 29.9 Å². The van der Waals surface area contributed by atoms with Crippen LogP contribution in [0.5, 0.6) is 5.75 Å². The number of aliphatic hydroxyl groups excluding tert-OH is 1. The number of hydrogen-bond donors (Lipinski definition) is 1. The zero-order chi connectivity index (χ0) is 24.6. The fraction of sp³-hybridized carbons (Fsp3) is 0.444. The molecule has 0 unspecified atom stereocenters. The van der Waals surface area contributed by atoms with Gasteiger partial charge in [-0.3, -0.25) is 4.79 Å². The maximum absolute atomic E-state index is 13.5. The summed E-state index contributed by atoms with van der Waals surface area (Å²) < 4.78 is 37.9. The Kier molecular flexibility index (Phi) is 8.84. The zero-order valence-corrected chi connectivity index (χ0v) is 19.7. The molecular weight excluding hydrogens is 454 g/mol. The second kappa shape index (κ2) is 12.2. The number of halogens is 2. The second-order valence-corrected chi connectivity index (χ2v) is 9.02. The van der Waals surface area contributed by atoms with E-state index in [4.69, 9.17) is 9.47 Å². The van der Waals surface area contributed by atoms with Crippen LogP contribution in [0.4, 0.5) is 8.78 Å². The standard InChI is InChI=1S/C27H32F2N2O4/c28-24-7-5-22(17-25(24)29)20-9-11-30(12-10-20)18-23(32)19-35-26-4-2-1-3-21(26)6-8-27(33)31-13-15-34-16-14-31/h1-8,17,20,23,32H,9-16,18-19H2/t23-/m0/s1. The van der Waals surface area contributed by atoms with E-state index in [1.165, 1.54) is 12.1 Å². The Morgan fingerprint density at radius 2 is 1.83 bits per heavy atom. The second-order valence-electron chi connectivity index (χ2n) is 9.02. The lowest BCUT2D eigenvalue weighted by molar-refractivity contribution is -0.129. The third-order valence-electron chi connectivity index (χ3n) is 6.55. The fourth-order valence-electron chi connectivity index (χ4n) is 4.55. The van der Waals surface area contributed by atoms with Gasteiger partial charge in [0.1, 0.15) is 18.5 Å². The molecule has 2 aliphatic heterocycles. The molecule has 0 aromatic heterocycles. The number of para-hydroxylation sites is 1. The highest BCUT2D eigenvalue weighted by Crippen LogP contribution is 2.29. The molecule has 35 heavy (non-hydrogen) atoms. The van der Waals surface area contributed by atoms with Gasteiger partial charge < -0.3 is 24.4 Å². The van der Waals surface area contributed by atoms with Gasteiger partial charge >= 0.3 is 0 Å². The predicted octanol–water partition coefficient (Wildman–Crippen LogP) is 3.46. The number of benzene rings is 2. The van der Waals surface area contributed by atoms with Crippen molar-refractivity contribution in [1.82, 2.24) is 9.80 Å². The Balaban J connectivity index is 1.24. The van der Waals surface area contributed by atoms with Crippen LogP contribution in [0.2, 0.25) is 0 Å². The first-order valence-corrected chi connectivity index (χ1v) is 12.1. The molecular formula is C27H32F2N2O4. The monoisotopic (exact) mass is 486 g/mol. The van der Waals surface area contributed by atoms with Crippen molar-refractivity contribution in [2.45, 2.75) is 24.9 Å². The Hall–Kier alpha value is -2.81. The summed E-state index contributed by atoms with van der Waals surface area (Å²) in [5.41, 5.74) is 1.60. The van der Waals surface area contributed by atoms with Crippen LogP contribution >= 0.6 is 0 Å². The van der Waals surface area contributed by atoms with E-state index in [2.05, 4.69) is 4.90 Å². The summed E-state index contributed by atoms with van der Waals surface area (Å²) in [6, 6.07) is 11.5. The summed E-state index contributed by atoms with van der Waals surface area (Å²) in [5.74, 6) is -0.897. The highest BCUT2D eigenvalue weighted by Gasteiger charge is 2.23. The summed E-state index contributed by atoms with van der Waals surface area (Å²) >= 11 is 0. The topological polar surface area (TPSA) is 62.2 Å². The Morgan fingerprint density at radius 3 is 2.57 bits per heavy atom. The van der Waals surface area contributed by atoms with Crippen LogP contribution in [0.3, 0.4) is 0 Å². The largest absolute Gasteiger partial charge is 0.490 e. The third-order valence-corrected chi connectivity index (χ3v) is 6.55. The number of ether oxygens (including phenoxy) is 2. The van der Waals surface area contributed by atoms with Crippen LogP contribution in [-0.4, -0.2) is 79.5 Å². The molecule has 4 rings (SSSR count). The van der Waals surface area contributed by atoms with Gasteiger partial charge in [0, 0.05) is 31.3 Å². The molecule has 2 aromatic carbocycles. The van der Waals surface area contributed by atoms with E-state index in [-0.39, 0.29) is 18.4 Å². The van der Waals surface area contributed by atoms with Gasteiger partial charge in [-0.15, -0.1) is 0 Å². The molecule has 8 heteroatoms. The minimum Gasteiger partial charge on any atom is -0.490 e. The molecule has 0 saturated carbocycles. The molecule has 0 aliphatic carbocycles. The highest BCUT2D eigenvalue weighted by molar-refractivity contribution is 5.92. The first kappa shape index (κ1) is 25.3. The Labute approximate surface area is 204 Å². The number of β-amino-alcohol motifs (C(OH)–C–C–N with tert-alkyl or cyclic N) is 1. The summed E-state index contributed by atoms with van der Waals surface area (Å²) in [6.07, 6.45) is 4.25. The van der Waals surface area contributed by atoms with Crippen molar-refractivity contribution in [3.05, 3.63) is 71.3 Å². The minimum absolute atomic E-state index is 0.0603. The molecule has 0 bridgehead atoms. The van der Waals surface area contributed by atoms with Crippen molar-refractivity contribution in [1.29, 1.82) is 0 Å². The normalized spacial score (nSPS) is 18.7. The van der Waals surface area contributed by atoms with Gasteiger partial charge in [-0.05, 0) is 61.7 Å². The lowest BCUT2D eigenvalue weighted by Gasteiger charge is -2.33. The van der Waals surface area contributed by atoms with Crippen LogP contribution in [0, 0.1) is 11.6 Å². The molecule has 0 radical (unpaired) electrons. The Morgan fingerprint density at radius 1 is 1.09 bits per heavy atom. The average molecular weight is 487 g/mol. The number of likely N-dealkylation sites (tertiary alicyclic amines) is 1. The number of carbonyl (C=O) groups is 1. The summed E-state index contributed by atoms with van der Waals surface area (Å²) in [4.78, 5) is 16.3. The van der Waals surface area contributed by atoms with Gasteiger partial charge in [-0.1, -0.05) is 24.3 Å².